The maximum atomic E-state index is 13.9. The van der Waals surface area contributed by atoms with Gasteiger partial charge in [-0.05, 0) is 62.1 Å². The maximum Gasteiger partial charge on any atom is 0.232 e. The highest BCUT2D eigenvalue weighted by molar-refractivity contribution is 7.92. The second-order valence-electron chi connectivity index (χ2n) is 9.70. The minimum atomic E-state index is -3.50. The van der Waals surface area contributed by atoms with Crippen LogP contribution in [0.3, 0.4) is 0 Å². The molecule has 4 rings (SSSR count). The van der Waals surface area contributed by atoms with Crippen molar-refractivity contribution in [3.05, 3.63) is 89.2 Å². The number of H-pyrrole nitrogens is 1. The fourth-order valence-corrected chi connectivity index (χ4v) is 5.23. The number of carbonyl (C=O) groups excluding carboxylic acids is 1. The molecule has 0 fully saturated rings. The van der Waals surface area contributed by atoms with Gasteiger partial charge in [-0.2, -0.15) is 0 Å². The van der Waals surface area contributed by atoms with Crippen LogP contribution in [0.1, 0.15) is 16.7 Å². The van der Waals surface area contributed by atoms with E-state index in [2.05, 4.69) is 10.3 Å². The van der Waals surface area contributed by atoms with E-state index in [1.807, 2.05) is 31.1 Å². The third-order valence-electron chi connectivity index (χ3n) is 6.38. The summed E-state index contributed by atoms with van der Waals surface area (Å²) < 4.78 is 40.1. The van der Waals surface area contributed by atoms with Gasteiger partial charge in [-0.25, -0.2) is 17.8 Å². The minimum Gasteiger partial charge on any atom is -0.494 e. The van der Waals surface area contributed by atoms with E-state index < -0.39 is 15.8 Å². The van der Waals surface area contributed by atoms with Crippen LogP contribution in [0.15, 0.2) is 71.7 Å². The van der Waals surface area contributed by atoms with Gasteiger partial charge in [-0.1, -0.05) is 24.3 Å². The molecule has 0 aliphatic rings. The lowest BCUT2D eigenvalue weighted by atomic mass is 9.99. The van der Waals surface area contributed by atoms with Gasteiger partial charge in [0.25, 0.3) is 0 Å². The van der Waals surface area contributed by atoms with Gasteiger partial charge in [0.2, 0.25) is 15.9 Å². The van der Waals surface area contributed by atoms with E-state index in [9.17, 15) is 22.7 Å². The highest BCUT2D eigenvalue weighted by Crippen LogP contribution is 2.32. The predicted octanol–water partition coefficient (Wildman–Crippen LogP) is 3.80. The van der Waals surface area contributed by atoms with Gasteiger partial charge >= 0.3 is 0 Å². The molecule has 11 heteroatoms. The van der Waals surface area contributed by atoms with Crippen LogP contribution in [-0.4, -0.2) is 75.5 Å². The van der Waals surface area contributed by atoms with Crippen LogP contribution >= 0.6 is 0 Å². The van der Waals surface area contributed by atoms with Gasteiger partial charge < -0.3 is 20.3 Å². The van der Waals surface area contributed by atoms with Crippen molar-refractivity contribution < 1.29 is 22.7 Å². The summed E-state index contributed by atoms with van der Waals surface area (Å²) in [5.41, 5.74) is 3.71. The van der Waals surface area contributed by atoms with Gasteiger partial charge in [-0.15, -0.1) is 0 Å². The molecule has 0 atom stereocenters. The largest absolute Gasteiger partial charge is 0.494 e. The van der Waals surface area contributed by atoms with Crippen molar-refractivity contribution in [1.29, 1.82) is 0 Å². The Morgan fingerprint density at radius 3 is 2.30 bits per heavy atom. The number of aliphatic imine (C=N–C) groups is 1. The zero-order chi connectivity index (χ0) is 29.0. The van der Waals surface area contributed by atoms with Crippen molar-refractivity contribution in [2.45, 2.75) is 6.42 Å². The fraction of sp³-hybridized carbons (Fsp3) is 0.241. The lowest BCUT2D eigenvalue weighted by Crippen LogP contribution is -2.35. The number of rotatable bonds is 10. The van der Waals surface area contributed by atoms with E-state index in [4.69, 9.17) is 4.99 Å². The van der Waals surface area contributed by atoms with Crippen LogP contribution in [0, 0.1) is 5.82 Å². The third kappa shape index (κ3) is 6.67. The summed E-state index contributed by atoms with van der Waals surface area (Å²) in [6, 6.07) is 18.2. The maximum absolute atomic E-state index is 13.9. The number of sulfonamides is 1. The number of halogens is 1. The number of likely N-dealkylation sites (N-methyl/N-ethyl adjacent to an activating group) is 2. The van der Waals surface area contributed by atoms with Crippen LogP contribution in [0.25, 0.3) is 10.9 Å². The highest BCUT2D eigenvalue weighted by atomic mass is 32.2. The summed E-state index contributed by atoms with van der Waals surface area (Å²) in [7, 11) is 1.82. The number of aromatic amines is 1. The van der Waals surface area contributed by atoms with Gasteiger partial charge in [0, 0.05) is 31.1 Å². The Kier molecular flexibility index (Phi) is 8.55. The molecule has 1 heterocycles. The Morgan fingerprint density at radius 2 is 1.70 bits per heavy atom. The van der Waals surface area contributed by atoms with Crippen molar-refractivity contribution in [3.63, 3.8) is 0 Å². The number of amides is 1. The van der Waals surface area contributed by atoms with Crippen LogP contribution in [0.2, 0.25) is 0 Å². The topological polar surface area (TPSA) is 118 Å². The van der Waals surface area contributed by atoms with E-state index in [1.165, 1.54) is 22.7 Å². The SMILES string of the molecule is CNC(=O)Cc1ccc(C(=Nc2ccc(N(CCN(C)C)S(C)(=O)=O)cc2)c2c(O)[nH]c3cc(F)ccc23)cc1. The molecule has 0 spiro atoms. The first kappa shape index (κ1) is 28.8. The average molecular weight is 566 g/mol. The first-order valence-corrected chi connectivity index (χ1v) is 14.4. The van der Waals surface area contributed by atoms with E-state index in [0.717, 1.165) is 5.56 Å². The number of nitrogens with one attached hydrogen (secondary N) is 2. The zero-order valence-electron chi connectivity index (χ0n) is 22.8. The molecule has 4 aromatic rings. The summed E-state index contributed by atoms with van der Waals surface area (Å²) in [4.78, 5) is 21.4. The molecule has 0 unspecified atom stereocenters. The number of hydrogen-bond acceptors (Lipinski definition) is 6. The molecule has 0 saturated heterocycles. The summed E-state index contributed by atoms with van der Waals surface area (Å²) in [5.74, 6) is -0.735. The van der Waals surface area contributed by atoms with Crippen LogP contribution < -0.4 is 9.62 Å². The molecule has 9 nitrogen and oxygen atoms in total. The molecule has 0 aliphatic heterocycles. The van der Waals surface area contributed by atoms with E-state index in [-0.39, 0.29) is 18.2 Å². The van der Waals surface area contributed by atoms with E-state index in [1.54, 1.807) is 49.5 Å². The predicted molar refractivity (Wildman–Crippen MR) is 157 cm³/mol. The Morgan fingerprint density at radius 1 is 1.02 bits per heavy atom. The van der Waals surface area contributed by atoms with Gasteiger partial charge in [0.05, 0.1) is 40.8 Å². The molecule has 1 aromatic heterocycles. The Bertz CT molecular complexity index is 1650. The smallest absolute Gasteiger partial charge is 0.232 e. The van der Waals surface area contributed by atoms with Gasteiger partial charge in [-0.3, -0.25) is 9.10 Å². The number of anilines is 1. The van der Waals surface area contributed by atoms with E-state index in [0.29, 0.717) is 52.2 Å². The number of nitrogens with zero attached hydrogens (tertiary/aromatic N) is 3. The van der Waals surface area contributed by atoms with Gasteiger partial charge in [0.1, 0.15) is 5.82 Å². The molecule has 210 valence electrons. The number of aromatic nitrogens is 1. The van der Waals surface area contributed by atoms with Gasteiger partial charge in [0.15, 0.2) is 5.88 Å². The first-order valence-electron chi connectivity index (χ1n) is 12.6. The number of carbonyl (C=O) groups is 1. The first-order chi connectivity index (χ1) is 19.0. The van der Waals surface area contributed by atoms with Crippen LogP contribution in [-0.2, 0) is 21.2 Å². The van der Waals surface area contributed by atoms with Crippen molar-refractivity contribution in [1.82, 2.24) is 15.2 Å². The molecular weight excluding hydrogens is 533 g/mol. The Balaban J connectivity index is 1.79. The fourth-order valence-electron chi connectivity index (χ4n) is 4.31. The van der Waals surface area contributed by atoms with Crippen molar-refractivity contribution in [2.24, 2.45) is 4.99 Å². The molecule has 0 aliphatic carbocycles. The molecule has 0 saturated carbocycles. The monoisotopic (exact) mass is 565 g/mol. The second-order valence-corrected chi connectivity index (χ2v) is 11.6. The number of aromatic hydroxyl groups is 1. The molecule has 0 bridgehead atoms. The molecule has 3 aromatic carbocycles. The normalized spacial score (nSPS) is 12.2. The Hall–Kier alpha value is -4.22. The summed E-state index contributed by atoms with van der Waals surface area (Å²) in [5, 5.41) is 14.0. The number of fused-ring (bicyclic) bond motifs is 1. The van der Waals surface area contributed by atoms with Crippen molar-refractivity contribution in [3.8, 4) is 5.88 Å². The van der Waals surface area contributed by atoms with Crippen LogP contribution in [0.4, 0.5) is 15.8 Å². The quantitative estimate of drug-likeness (QED) is 0.253. The molecule has 1 amide bonds. The molecular formula is C29H32FN5O4S. The molecule has 40 heavy (non-hydrogen) atoms. The van der Waals surface area contributed by atoms with Crippen molar-refractivity contribution in [2.75, 3.05) is 44.8 Å². The molecule has 0 radical (unpaired) electrons. The summed E-state index contributed by atoms with van der Waals surface area (Å²) in [6.07, 6.45) is 1.39. The Labute approximate surface area is 233 Å². The lowest BCUT2D eigenvalue weighted by Gasteiger charge is -2.24. The second kappa shape index (κ2) is 11.9. The third-order valence-corrected chi connectivity index (χ3v) is 7.57. The van der Waals surface area contributed by atoms with Crippen molar-refractivity contribution >= 4 is 43.9 Å². The summed E-state index contributed by atoms with van der Waals surface area (Å²) >= 11 is 0. The standard InChI is InChI=1S/C29H32FN5O4S/c1-31-26(36)17-19-5-7-20(8-6-19)28(27-24-14-9-21(30)18-25(24)33-29(27)37)32-22-10-12-23(13-11-22)35(40(4,38)39)16-15-34(2)3/h5-14,18,33,37H,15-17H2,1-4H3,(H,31,36). The number of hydrogen-bond donors (Lipinski definition) is 3. The molecule has 3 N–H and O–H groups in total. The lowest BCUT2D eigenvalue weighted by molar-refractivity contribution is -0.119. The average Bonchev–Trinajstić information content (AvgIpc) is 3.22. The van der Waals surface area contributed by atoms with E-state index >= 15 is 0 Å². The zero-order valence-corrected chi connectivity index (χ0v) is 23.6. The highest BCUT2D eigenvalue weighted by Gasteiger charge is 2.20. The number of benzene rings is 3. The van der Waals surface area contributed by atoms with Crippen LogP contribution in [0.5, 0.6) is 5.88 Å². The minimum absolute atomic E-state index is 0.119. The summed E-state index contributed by atoms with van der Waals surface area (Å²) in [6.45, 7) is 0.843.